The summed E-state index contributed by atoms with van der Waals surface area (Å²) in [6, 6.07) is 0. The minimum atomic E-state index is 0.448. The number of hydrogen-bond acceptors (Lipinski definition) is 9. The van der Waals surface area contributed by atoms with Crippen molar-refractivity contribution >= 4 is 52.1 Å². The smallest absolute Gasteiger partial charge is 0.229 e. The molecule has 144 valence electrons. The Bertz CT molecular complexity index is 831. The summed E-state index contributed by atoms with van der Waals surface area (Å²) >= 11 is 8.42. The summed E-state index contributed by atoms with van der Waals surface area (Å²) < 4.78 is 0. The van der Waals surface area contributed by atoms with Crippen LogP contribution in [0.3, 0.4) is 0 Å². The van der Waals surface area contributed by atoms with Gasteiger partial charge in [-0.3, -0.25) is 0 Å². The number of fused-ring (bicyclic) bond motifs is 1. The Morgan fingerprint density at radius 1 is 0.815 bits per heavy atom. The SMILES string of the molecule is Clc1nc2c(N3CCCC3)nc(N3CCNCC3)nc2nc1N1CCSC1. The molecule has 3 aliphatic rings. The lowest BCUT2D eigenvalue weighted by Crippen LogP contribution is -2.44. The zero-order chi connectivity index (χ0) is 18.2. The molecule has 3 saturated heterocycles. The maximum Gasteiger partial charge on any atom is 0.229 e. The Balaban J connectivity index is 1.63. The standard InChI is InChI=1S/C17H23ClN8S/c18-13-16(26-9-10-27-11-26)21-14-12(20-13)15(24-5-1-2-6-24)23-17(22-14)25-7-3-19-4-8-25/h19H,1-11H2. The van der Waals surface area contributed by atoms with E-state index < -0.39 is 0 Å². The minimum Gasteiger partial charge on any atom is -0.355 e. The molecule has 0 radical (unpaired) electrons. The molecule has 3 aliphatic heterocycles. The zero-order valence-electron chi connectivity index (χ0n) is 15.2. The molecule has 3 fully saturated rings. The number of rotatable bonds is 3. The van der Waals surface area contributed by atoms with E-state index in [1.165, 1.54) is 12.8 Å². The number of thioether (sulfide) groups is 1. The monoisotopic (exact) mass is 406 g/mol. The molecule has 5 heterocycles. The lowest BCUT2D eigenvalue weighted by Gasteiger charge is -2.29. The second-order valence-electron chi connectivity index (χ2n) is 7.09. The van der Waals surface area contributed by atoms with Crippen LogP contribution in [0.4, 0.5) is 17.6 Å². The van der Waals surface area contributed by atoms with Crippen LogP contribution in [0.2, 0.25) is 5.15 Å². The van der Waals surface area contributed by atoms with E-state index in [9.17, 15) is 0 Å². The van der Waals surface area contributed by atoms with Crippen LogP contribution in [0.1, 0.15) is 12.8 Å². The summed E-state index contributed by atoms with van der Waals surface area (Å²) in [5, 5.41) is 3.83. The summed E-state index contributed by atoms with van der Waals surface area (Å²) in [5.74, 6) is 4.36. The maximum absolute atomic E-state index is 6.53. The van der Waals surface area contributed by atoms with Gasteiger partial charge in [-0.15, -0.1) is 11.8 Å². The van der Waals surface area contributed by atoms with E-state index in [4.69, 9.17) is 31.5 Å². The Labute approximate surface area is 167 Å². The van der Waals surface area contributed by atoms with Crippen LogP contribution in [0, 0.1) is 0 Å². The summed E-state index contributed by atoms with van der Waals surface area (Å²) in [6.45, 7) is 6.64. The zero-order valence-corrected chi connectivity index (χ0v) is 16.8. The van der Waals surface area contributed by atoms with Gasteiger partial charge in [0.15, 0.2) is 28.0 Å². The van der Waals surface area contributed by atoms with Crippen molar-refractivity contribution in [1.29, 1.82) is 0 Å². The summed E-state index contributed by atoms with van der Waals surface area (Å²) in [6.07, 6.45) is 2.36. The number of hydrogen-bond donors (Lipinski definition) is 1. The van der Waals surface area contributed by atoms with E-state index in [0.717, 1.165) is 80.5 Å². The van der Waals surface area contributed by atoms with Crippen LogP contribution in [0.25, 0.3) is 11.2 Å². The second-order valence-corrected chi connectivity index (χ2v) is 8.52. The minimum absolute atomic E-state index is 0.448. The topological polar surface area (TPSA) is 73.3 Å². The van der Waals surface area contributed by atoms with E-state index in [0.29, 0.717) is 10.8 Å². The van der Waals surface area contributed by atoms with Crippen LogP contribution in [-0.2, 0) is 0 Å². The number of piperazine rings is 1. The molecule has 5 rings (SSSR count). The fourth-order valence-electron chi connectivity index (χ4n) is 3.83. The van der Waals surface area contributed by atoms with Gasteiger partial charge < -0.3 is 20.0 Å². The first-order chi connectivity index (χ1) is 13.3. The highest BCUT2D eigenvalue weighted by atomic mass is 35.5. The first kappa shape index (κ1) is 17.5. The highest BCUT2D eigenvalue weighted by Crippen LogP contribution is 2.33. The van der Waals surface area contributed by atoms with Crippen molar-refractivity contribution in [3.63, 3.8) is 0 Å². The summed E-state index contributed by atoms with van der Waals surface area (Å²) in [4.78, 5) is 26.0. The number of anilines is 3. The molecule has 8 nitrogen and oxygen atoms in total. The number of nitrogens with one attached hydrogen (secondary N) is 1. The van der Waals surface area contributed by atoms with Gasteiger partial charge in [0.25, 0.3) is 0 Å². The molecule has 10 heteroatoms. The third kappa shape index (κ3) is 3.36. The molecule has 0 aromatic carbocycles. The van der Waals surface area contributed by atoms with Crippen molar-refractivity contribution in [2.24, 2.45) is 0 Å². The molecule has 27 heavy (non-hydrogen) atoms. The van der Waals surface area contributed by atoms with Crippen LogP contribution >= 0.6 is 23.4 Å². The van der Waals surface area contributed by atoms with Crippen molar-refractivity contribution in [1.82, 2.24) is 25.3 Å². The third-order valence-electron chi connectivity index (χ3n) is 5.30. The molecule has 0 aliphatic carbocycles. The van der Waals surface area contributed by atoms with Crippen LogP contribution < -0.4 is 20.0 Å². The van der Waals surface area contributed by atoms with E-state index >= 15 is 0 Å². The van der Waals surface area contributed by atoms with Crippen molar-refractivity contribution in [2.75, 3.05) is 72.1 Å². The van der Waals surface area contributed by atoms with Gasteiger partial charge in [0.2, 0.25) is 5.95 Å². The van der Waals surface area contributed by atoms with E-state index in [1.54, 1.807) is 0 Å². The molecule has 0 bridgehead atoms. The largest absolute Gasteiger partial charge is 0.355 e. The fraction of sp³-hybridized carbons (Fsp3) is 0.647. The number of aromatic nitrogens is 4. The lowest BCUT2D eigenvalue weighted by atomic mass is 10.3. The fourth-order valence-corrected chi connectivity index (χ4v) is 5.03. The first-order valence-corrected chi connectivity index (χ1v) is 11.1. The molecular weight excluding hydrogens is 384 g/mol. The average molecular weight is 407 g/mol. The van der Waals surface area contributed by atoms with Gasteiger partial charge >= 0.3 is 0 Å². The molecule has 2 aromatic heterocycles. The predicted octanol–water partition coefficient (Wildman–Crippen LogP) is 1.59. The van der Waals surface area contributed by atoms with Gasteiger partial charge in [0.05, 0.1) is 5.88 Å². The van der Waals surface area contributed by atoms with Gasteiger partial charge in [-0.05, 0) is 12.8 Å². The van der Waals surface area contributed by atoms with Gasteiger partial charge in [-0.25, -0.2) is 9.97 Å². The Morgan fingerprint density at radius 2 is 1.63 bits per heavy atom. The molecule has 2 aromatic rings. The second kappa shape index (κ2) is 7.44. The maximum atomic E-state index is 6.53. The molecule has 0 unspecified atom stereocenters. The van der Waals surface area contributed by atoms with Crippen LogP contribution in [-0.4, -0.2) is 77.4 Å². The summed E-state index contributed by atoms with van der Waals surface area (Å²) in [7, 11) is 0. The molecule has 0 atom stereocenters. The van der Waals surface area contributed by atoms with Crippen molar-refractivity contribution in [3.05, 3.63) is 5.15 Å². The van der Waals surface area contributed by atoms with Crippen molar-refractivity contribution in [3.8, 4) is 0 Å². The third-order valence-corrected chi connectivity index (χ3v) is 6.52. The highest BCUT2D eigenvalue weighted by molar-refractivity contribution is 7.99. The molecule has 0 saturated carbocycles. The van der Waals surface area contributed by atoms with Crippen molar-refractivity contribution < 1.29 is 0 Å². The molecule has 0 amide bonds. The average Bonchev–Trinajstić information content (AvgIpc) is 3.41. The summed E-state index contributed by atoms with van der Waals surface area (Å²) in [5.41, 5.74) is 1.37. The van der Waals surface area contributed by atoms with Crippen molar-refractivity contribution in [2.45, 2.75) is 12.8 Å². The van der Waals surface area contributed by atoms with Gasteiger partial charge in [-0.2, -0.15) is 9.97 Å². The molecule has 0 spiro atoms. The van der Waals surface area contributed by atoms with Crippen LogP contribution in [0.15, 0.2) is 0 Å². The predicted molar refractivity (Wildman–Crippen MR) is 111 cm³/mol. The van der Waals surface area contributed by atoms with Gasteiger partial charge in [0.1, 0.15) is 0 Å². The van der Waals surface area contributed by atoms with E-state index in [1.807, 2.05) is 11.8 Å². The normalized spacial score (nSPS) is 20.9. The van der Waals surface area contributed by atoms with E-state index in [2.05, 4.69) is 20.0 Å². The lowest BCUT2D eigenvalue weighted by molar-refractivity contribution is 0.580. The molecule has 1 N–H and O–H groups in total. The Hall–Kier alpha value is -1.58. The Morgan fingerprint density at radius 3 is 2.37 bits per heavy atom. The van der Waals surface area contributed by atoms with Gasteiger partial charge in [-0.1, -0.05) is 11.6 Å². The number of nitrogens with zero attached hydrogens (tertiary/aromatic N) is 7. The van der Waals surface area contributed by atoms with Gasteiger partial charge in [0, 0.05) is 51.6 Å². The first-order valence-electron chi connectivity index (χ1n) is 9.58. The highest BCUT2D eigenvalue weighted by Gasteiger charge is 2.25. The van der Waals surface area contributed by atoms with E-state index in [-0.39, 0.29) is 0 Å². The quantitative estimate of drug-likeness (QED) is 0.817. The Kier molecular flexibility index (Phi) is 4.83. The number of halogens is 1. The van der Waals surface area contributed by atoms with Crippen LogP contribution in [0.5, 0.6) is 0 Å². The molecular formula is C17H23ClN8S.